The minimum absolute atomic E-state index is 0.0890. The van der Waals surface area contributed by atoms with Gasteiger partial charge in [-0.3, -0.25) is 14.5 Å². The van der Waals surface area contributed by atoms with Crippen LogP contribution < -0.4 is 10.6 Å². The molecule has 3 rings (SSSR count). The molecule has 1 saturated heterocycles. The second-order valence-electron chi connectivity index (χ2n) is 7.41. The van der Waals surface area contributed by atoms with Crippen molar-refractivity contribution in [2.45, 2.75) is 38.4 Å². The molecule has 0 saturated carbocycles. The molecule has 5 nitrogen and oxygen atoms in total. The largest absolute Gasteiger partial charge is 0.416 e. The summed E-state index contributed by atoms with van der Waals surface area (Å²) in [6.07, 6.45) is -1.66. The molecule has 1 aliphatic heterocycles. The molecule has 0 aromatic heterocycles. The van der Waals surface area contributed by atoms with Crippen LogP contribution in [0.2, 0.25) is 0 Å². The molecule has 2 aromatic carbocycles. The molecule has 8 heteroatoms. The fourth-order valence-electron chi connectivity index (χ4n) is 3.68. The summed E-state index contributed by atoms with van der Waals surface area (Å²) in [5.41, 5.74) is 1.36. The highest BCUT2D eigenvalue weighted by Gasteiger charge is 2.31. The van der Waals surface area contributed by atoms with Crippen LogP contribution >= 0.6 is 0 Å². The van der Waals surface area contributed by atoms with Crippen LogP contribution in [0.5, 0.6) is 0 Å². The van der Waals surface area contributed by atoms with Crippen LogP contribution in [-0.2, 0) is 15.8 Å². The summed E-state index contributed by atoms with van der Waals surface area (Å²) < 4.78 is 38.5. The lowest BCUT2D eigenvalue weighted by Gasteiger charge is -2.35. The predicted octanol–water partition coefficient (Wildman–Crippen LogP) is 4.83. The summed E-state index contributed by atoms with van der Waals surface area (Å²) in [5, 5.41) is 5.49. The Bertz CT molecular complexity index is 880. The number of anilines is 2. The first-order valence-electron chi connectivity index (χ1n) is 9.81. The van der Waals surface area contributed by atoms with Crippen molar-refractivity contribution in [3.05, 3.63) is 59.7 Å². The lowest BCUT2D eigenvalue weighted by Crippen LogP contribution is -2.39. The van der Waals surface area contributed by atoms with Crippen molar-refractivity contribution in [3.63, 3.8) is 0 Å². The first-order chi connectivity index (χ1) is 14.2. The van der Waals surface area contributed by atoms with Crippen molar-refractivity contribution >= 4 is 23.2 Å². The van der Waals surface area contributed by atoms with Crippen molar-refractivity contribution in [1.29, 1.82) is 0 Å². The molecule has 1 fully saturated rings. The number of benzene rings is 2. The van der Waals surface area contributed by atoms with Crippen LogP contribution in [0, 0.1) is 0 Å². The van der Waals surface area contributed by atoms with Gasteiger partial charge in [0.05, 0.1) is 12.1 Å². The van der Waals surface area contributed by atoms with Gasteiger partial charge in [-0.2, -0.15) is 13.2 Å². The van der Waals surface area contributed by atoms with E-state index in [9.17, 15) is 22.8 Å². The Morgan fingerprint density at radius 2 is 1.57 bits per heavy atom. The van der Waals surface area contributed by atoms with Crippen molar-refractivity contribution in [3.8, 4) is 0 Å². The number of amides is 2. The molecule has 1 atom stereocenters. The average molecular weight is 419 g/mol. The van der Waals surface area contributed by atoms with Gasteiger partial charge in [-0.25, -0.2) is 0 Å². The highest BCUT2D eigenvalue weighted by atomic mass is 19.4. The van der Waals surface area contributed by atoms with Gasteiger partial charge >= 0.3 is 6.18 Å². The average Bonchev–Trinajstić information content (AvgIpc) is 2.69. The van der Waals surface area contributed by atoms with E-state index in [4.69, 9.17) is 0 Å². The summed E-state index contributed by atoms with van der Waals surface area (Å²) in [4.78, 5) is 25.6. The van der Waals surface area contributed by atoms with Crippen LogP contribution in [0.1, 0.15) is 43.4 Å². The fraction of sp³-hybridized carbons (Fsp3) is 0.364. The highest BCUT2D eigenvalue weighted by molar-refractivity contribution is 5.93. The van der Waals surface area contributed by atoms with Crippen LogP contribution in [0.4, 0.5) is 24.5 Å². The van der Waals surface area contributed by atoms with Gasteiger partial charge in [-0.05, 0) is 61.3 Å². The van der Waals surface area contributed by atoms with E-state index in [-0.39, 0.29) is 24.4 Å². The van der Waals surface area contributed by atoms with E-state index < -0.39 is 11.7 Å². The number of rotatable bonds is 5. The third-order valence-corrected chi connectivity index (χ3v) is 5.07. The number of likely N-dealkylation sites (tertiary alicyclic amines) is 1. The van der Waals surface area contributed by atoms with E-state index in [2.05, 4.69) is 10.6 Å². The Morgan fingerprint density at radius 3 is 2.13 bits per heavy atom. The van der Waals surface area contributed by atoms with Crippen molar-refractivity contribution in [2.24, 2.45) is 0 Å². The first-order valence-corrected chi connectivity index (χ1v) is 9.81. The molecule has 2 amide bonds. The molecule has 1 aliphatic rings. The minimum Gasteiger partial charge on any atom is -0.326 e. The molecule has 0 radical (unpaired) electrons. The zero-order chi connectivity index (χ0) is 21.7. The quantitative estimate of drug-likeness (QED) is 0.730. The summed E-state index contributed by atoms with van der Waals surface area (Å²) >= 11 is 0. The highest BCUT2D eigenvalue weighted by Crippen LogP contribution is 2.34. The topological polar surface area (TPSA) is 61.4 Å². The lowest BCUT2D eigenvalue weighted by molar-refractivity contribution is -0.137. The summed E-state index contributed by atoms with van der Waals surface area (Å²) in [6, 6.07) is 11.9. The monoisotopic (exact) mass is 419 g/mol. The number of halogens is 3. The molecule has 160 valence electrons. The Morgan fingerprint density at radius 1 is 0.967 bits per heavy atom. The third kappa shape index (κ3) is 5.82. The number of nitrogens with one attached hydrogen (secondary N) is 2. The molecule has 1 heterocycles. The summed E-state index contributed by atoms with van der Waals surface area (Å²) in [7, 11) is 0. The molecule has 1 unspecified atom stereocenters. The third-order valence-electron chi connectivity index (χ3n) is 5.07. The molecule has 0 aliphatic carbocycles. The van der Waals surface area contributed by atoms with E-state index in [1.165, 1.54) is 19.1 Å². The number of piperidine rings is 1. The van der Waals surface area contributed by atoms with Gasteiger partial charge in [-0.1, -0.05) is 18.6 Å². The Hall–Kier alpha value is -2.87. The van der Waals surface area contributed by atoms with Gasteiger partial charge in [0.25, 0.3) is 0 Å². The van der Waals surface area contributed by atoms with Crippen LogP contribution in [0.3, 0.4) is 0 Å². The Labute approximate surface area is 173 Å². The second kappa shape index (κ2) is 9.30. The van der Waals surface area contributed by atoms with Crippen LogP contribution in [0.25, 0.3) is 0 Å². The van der Waals surface area contributed by atoms with Gasteiger partial charge < -0.3 is 10.6 Å². The smallest absolute Gasteiger partial charge is 0.326 e. The predicted molar refractivity (Wildman–Crippen MR) is 109 cm³/mol. The number of hydrogen-bond acceptors (Lipinski definition) is 3. The SMILES string of the molecule is CC(=O)Nc1ccc(NC(=O)CN2CCCCC2c2ccc(C(F)(F)F)cc2)cc1. The van der Waals surface area contributed by atoms with Crippen molar-refractivity contribution < 1.29 is 22.8 Å². The lowest BCUT2D eigenvalue weighted by atomic mass is 9.94. The number of hydrogen-bond donors (Lipinski definition) is 2. The second-order valence-corrected chi connectivity index (χ2v) is 7.41. The van der Waals surface area contributed by atoms with E-state index in [1.807, 2.05) is 4.90 Å². The fourth-order valence-corrected chi connectivity index (χ4v) is 3.68. The zero-order valence-corrected chi connectivity index (χ0v) is 16.6. The van der Waals surface area contributed by atoms with E-state index in [1.54, 1.807) is 24.3 Å². The van der Waals surface area contributed by atoms with Crippen molar-refractivity contribution in [2.75, 3.05) is 23.7 Å². The van der Waals surface area contributed by atoms with Gasteiger partial charge in [0, 0.05) is 24.3 Å². The maximum atomic E-state index is 12.8. The number of carbonyl (C=O) groups is 2. The van der Waals surface area contributed by atoms with Gasteiger partial charge in [0.1, 0.15) is 0 Å². The molecule has 2 N–H and O–H groups in total. The van der Waals surface area contributed by atoms with E-state index >= 15 is 0 Å². The number of nitrogens with zero attached hydrogens (tertiary/aromatic N) is 1. The maximum Gasteiger partial charge on any atom is 0.416 e. The van der Waals surface area contributed by atoms with E-state index in [0.29, 0.717) is 17.9 Å². The van der Waals surface area contributed by atoms with Crippen molar-refractivity contribution in [1.82, 2.24) is 4.90 Å². The Kier molecular flexibility index (Phi) is 6.77. The minimum atomic E-state index is -4.36. The molecule has 0 bridgehead atoms. The first kappa shape index (κ1) is 21.8. The molecule has 30 heavy (non-hydrogen) atoms. The Balaban J connectivity index is 1.63. The van der Waals surface area contributed by atoms with Gasteiger partial charge in [-0.15, -0.1) is 0 Å². The number of carbonyl (C=O) groups excluding carboxylic acids is 2. The standard InChI is InChI=1S/C22H24F3N3O2/c1-15(29)26-18-9-11-19(12-10-18)27-21(30)14-28-13-3-2-4-20(28)16-5-7-17(8-6-16)22(23,24)25/h5-12,20H,2-4,13-14H2,1H3,(H,26,29)(H,27,30). The van der Waals surface area contributed by atoms with Gasteiger partial charge in [0.2, 0.25) is 11.8 Å². The molecule has 2 aromatic rings. The van der Waals surface area contributed by atoms with Crippen LogP contribution in [0.15, 0.2) is 48.5 Å². The van der Waals surface area contributed by atoms with Crippen LogP contribution in [-0.4, -0.2) is 29.8 Å². The zero-order valence-electron chi connectivity index (χ0n) is 16.6. The maximum absolute atomic E-state index is 12.8. The molecular formula is C22H24F3N3O2. The normalized spacial score (nSPS) is 17.4. The summed E-state index contributed by atoms with van der Waals surface area (Å²) in [5.74, 6) is -0.368. The van der Waals surface area contributed by atoms with E-state index in [0.717, 1.165) is 37.0 Å². The number of alkyl halides is 3. The molecular weight excluding hydrogens is 395 g/mol. The molecule has 0 spiro atoms. The summed E-state index contributed by atoms with van der Waals surface area (Å²) in [6.45, 7) is 2.28. The van der Waals surface area contributed by atoms with Gasteiger partial charge in [0.15, 0.2) is 0 Å².